The molecule has 0 fully saturated rings. The highest BCUT2D eigenvalue weighted by Gasteiger charge is 2.17. The predicted molar refractivity (Wildman–Crippen MR) is 84.0 cm³/mol. The summed E-state index contributed by atoms with van der Waals surface area (Å²) in [6.45, 7) is 1.66. The van der Waals surface area contributed by atoms with Gasteiger partial charge in [0.2, 0.25) is 0 Å². The summed E-state index contributed by atoms with van der Waals surface area (Å²) in [5.74, 6) is -0.427. The molecule has 0 amide bonds. The lowest BCUT2D eigenvalue weighted by molar-refractivity contribution is 0.191. The number of aliphatic hydroxyl groups excluding tert-OH is 1. The number of aliphatic hydroxyl groups is 1. The average Bonchev–Trinajstić information content (AvgIpc) is 2.52. The van der Waals surface area contributed by atoms with Gasteiger partial charge in [-0.15, -0.1) is 0 Å². The first-order chi connectivity index (χ1) is 10.4. The Kier molecular flexibility index (Phi) is 5.15. The molecular formula is C16H18FNO3S. The van der Waals surface area contributed by atoms with Crippen molar-refractivity contribution in [3.05, 3.63) is 59.9 Å². The quantitative estimate of drug-likeness (QED) is 0.858. The van der Waals surface area contributed by atoms with Crippen molar-refractivity contribution >= 4 is 15.5 Å². The number of hydrogen-bond acceptors (Lipinski definition) is 4. The molecule has 6 heteroatoms. The third kappa shape index (κ3) is 3.84. The van der Waals surface area contributed by atoms with Crippen LogP contribution in [0.15, 0.2) is 53.4 Å². The molecule has 2 aromatic rings. The molecule has 0 saturated carbocycles. The fraction of sp³-hybridized carbons (Fsp3) is 0.250. The van der Waals surface area contributed by atoms with Gasteiger partial charge in [-0.3, -0.25) is 0 Å². The maximum atomic E-state index is 13.1. The third-order valence-corrected chi connectivity index (χ3v) is 5.11. The van der Waals surface area contributed by atoms with Gasteiger partial charge in [0, 0.05) is 6.54 Å². The lowest BCUT2D eigenvalue weighted by Gasteiger charge is -2.15. The SMILES string of the molecule is CCS(=O)(=O)c1ccccc1NC[C@@H](O)c1cccc(F)c1. The van der Waals surface area contributed by atoms with E-state index in [9.17, 15) is 17.9 Å². The largest absolute Gasteiger partial charge is 0.387 e. The summed E-state index contributed by atoms with van der Waals surface area (Å²) < 4.78 is 37.2. The minimum Gasteiger partial charge on any atom is -0.387 e. The van der Waals surface area contributed by atoms with E-state index in [4.69, 9.17) is 0 Å². The van der Waals surface area contributed by atoms with Crippen molar-refractivity contribution in [3.8, 4) is 0 Å². The van der Waals surface area contributed by atoms with E-state index in [1.54, 1.807) is 31.2 Å². The number of nitrogens with one attached hydrogen (secondary N) is 1. The molecule has 4 nitrogen and oxygen atoms in total. The van der Waals surface area contributed by atoms with E-state index in [0.29, 0.717) is 11.3 Å². The van der Waals surface area contributed by atoms with E-state index in [1.165, 1.54) is 24.3 Å². The Balaban J connectivity index is 2.16. The van der Waals surface area contributed by atoms with Crippen molar-refractivity contribution in [2.24, 2.45) is 0 Å². The van der Waals surface area contributed by atoms with Gasteiger partial charge in [0.15, 0.2) is 9.84 Å². The van der Waals surface area contributed by atoms with Gasteiger partial charge in [-0.1, -0.05) is 31.2 Å². The Bertz CT molecular complexity index is 747. The van der Waals surface area contributed by atoms with Crippen LogP contribution in [0.2, 0.25) is 0 Å². The summed E-state index contributed by atoms with van der Waals surface area (Å²) in [5, 5.41) is 13.0. The summed E-state index contributed by atoms with van der Waals surface area (Å²) in [5.41, 5.74) is 0.864. The van der Waals surface area contributed by atoms with Crippen molar-refractivity contribution in [3.63, 3.8) is 0 Å². The van der Waals surface area contributed by atoms with Crippen molar-refractivity contribution in [1.82, 2.24) is 0 Å². The lowest BCUT2D eigenvalue weighted by Crippen LogP contribution is -2.15. The number of rotatable bonds is 6. The Labute approximate surface area is 129 Å². The van der Waals surface area contributed by atoms with Gasteiger partial charge < -0.3 is 10.4 Å². The Hall–Kier alpha value is -1.92. The molecule has 0 heterocycles. The van der Waals surface area contributed by atoms with Gasteiger partial charge in [-0.2, -0.15) is 0 Å². The molecule has 0 aromatic heterocycles. The molecule has 0 spiro atoms. The number of hydrogen-bond donors (Lipinski definition) is 2. The second-order valence-corrected chi connectivity index (χ2v) is 7.10. The summed E-state index contributed by atoms with van der Waals surface area (Å²) >= 11 is 0. The first kappa shape index (κ1) is 16.5. The second kappa shape index (κ2) is 6.89. The maximum Gasteiger partial charge on any atom is 0.180 e. The van der Waals surface area contributed by atoms with E-state index in [0.717, 1.165) is 0 Å². The number of sulfone groups is 1. The molecule has 2 aromatic carbocycles. The molecule has 0 aliphatic carbocycles. The van der Waals surface area contributed by atoms with Gasteiger partial charge in [-0.25, -0.2) is 12.8 Å². The molecule has 0 bridgehead atoms. The second-order valence-electron chi connectivity index (χ2n) is 4.85. The van der Waals surface area contributed by atoms with Crippen molar-refractivity contribution < 1.29 is 17.9 Å². The Morgan fingerprint density at radius 3 is 2.59 bits per heavy atom. The Morgan fingerprint density at radius 1 is 1.18 bits per heavy atom. The smallest absolute Gasteiger partial charge is 0.180 e. The van der Waals surface area contributed by atoms with Crippen molar-refractivity contribution in [2.45, 2.75) is 17.9 Å². The number of halogens is 1. The van der Waals surface area contributed by atoms with Crippen LogP contribution in [0.4, 0.5) is 10.1 Å². The molecule has 0 radical (unpaired) electrons. The summed E-state index contributed by atoms with van der Waals surface area (Å²) in [6, 6.07) is 12.2. The Morgan fingerprint density at radius 2 is 1.91 bits per heavy atom. The van der Waals surface area contributed by atoms with Gasteiger partial charge in [0.05, 0.1) is 22.4 Å². The van der Waals surface area contributed by atoms with Crippen LogP contribution in [0.3, 0.4) is 0 Å². The molecule has 118 valence electrons. The highest BCUT2D eigenvalue weighted by atomic mass is 32.2. The zero-order chi connectivity index (χ0) is 16.2. The zero-order valence-electron chi connectivity index (χ0n) is 12.2. The van der Waals surface area contributed by atoms with Crippen LogP contribution >= 0.6 is 0 Å². The van der Waals surface area contributed by atoms with Crippen molar-refractivity contribution in [1.29, 1.82) is 0 Å². The summed E-state index contributed by atoms with van der Waals surface area (Å²) in [6.07, 6.45) is -0.937. The monoisotopic (exact) mass is 323 g/mol. The minimum absolute atomic E-state index is 0.00184. The number of anilines is 1. The van der Waals surface area contributed by atoms with Gasteiger partial charge in [0.1, 0.15) is 5.82 Å². The van der Waals surface area contributed by atoms with E-state index in [2.05, 4.69) is 5.32 Å². The van der Waals surface area contributed by atoms with Gasteiger partial charge >= 0.3 is 0 Å². The van der Waals surface area contributed by atoms with Crippen LogP contribution < -0.4 is 5.32 Å². The van der Waals surface area contributed by atoms with E-state index >= 15 is 0 Å². The fourth-order valence-corrected chi connectivity index (χ4v) is 3.15. The standard InChI is InChI=1S/C16H18FNO3S/c1-2-22(20,21)16-9-4-3-8-14(16)18-11-15(19)12-6-5-7-13(17)10-12/h3-10,15,18-19H,2,11H2,1H3/t15-/m1/s1. The average molecular weight is 323 g/mol. The van der Waals surface area contributed by atoms with E-state index in [-0.39, 0.29) is 17.2 Å². The maximum absolute atomic E-state index is 13.1. The fourth-order valence-electron chi connectivity index (χ4n) is 2.08. The molecule has 2 rings (SSSR count). The van der Waals surface area contributed by atoms with Crippen LogP contribution in [0.5, 0.6) is 0 Å². The topological polar surface area (TPSA) is 66.4 Å². The minimum atomic E-state index is -3.35. The highest BCUT2D eigenvalue weighted by molar-refractivity contribution is 7.91. The first-order valence-electron chi connectivity index (χ1n) is 6.93. The first-order valence-corrected chi connectivity index (χ1v) is 8.58. The molecule has 0 aliphatic heterocycles. The molecule has 2 N–H and O–H groups in total. The molecule has 0 saturated heterocycles. The van der Waals surface area contributed by atoms with E-state index < -0.39 is 21.8 Å². The predicted octanol–water partition coefficient (Wildman–Crippen LogP) is 2.76. The van der Waals surface area contributed by atoms with Gasteiger partial charge in [-0.05, 0) is 29.8 Å². The number of para-hydroxylation sites is 1. The molecule has 22 heavy (non-hydrogen) atoms. The van der Waals surface area contributed by atoms with Gasteiger partial charge in [0.25, 0.3) is 0 Å². The lowest BCUT2D eigenvalue weighted by atomic mass is 10.1. The summed E-state index contributed by atoms with van der Waals surface area (Å²) in [4.78, 5) is 0.198. The molecule has 1 atom stereocenters. The molecular weight excluding hydrogens is 305 g/mol. The molecule has 0 aliphatic rings. The van der Waals surface area contributed by atoms with Crippen LogP contribution in [0.25, 0.3) is 0 Å². The van der Waals surface area contributed by atoms with E-state index in [1.807, 2.05) is 0 Å². The van der Waals surface area contributed by atoms with Crippen LogP contribution in [0, 0.1) is 5.82 Å². The highest BCUT2D eigenvalue weighted by Crippen LogP contribution is 2.23. The van der Waals surface area contributed by atoms with Crippen LogP contribution in [0.1, 0.15) is 18.6 Å². The number of benzene rings is 2. The molecule has 0 unspecified atom stereocenters. The zero-order valence-corrected chi connectivity index (χ0v) is 13.0. The normalized spacial score (nSPS) is 12.9. The third-order valence-electron chi connectivity index (χ3n) is 3.32. The van der Waals surface area contributed by atoms with Crippen LogP contribution in [-0.2, 0) is 9.84 Å². The van der Waals surface area contributed by atoms with Crippen LogP contribution in [-0.4, -0.2) is 25.8 Å². The summed E-state index contributed by atoms with van der Waals surface area (Å²) in [7, 11) is -3.35. The van der Waals surface area contributed by atoms with Crippen molar-refractivity contribution in [2.75, 3.05) is 17.6 Å².